The van der Waals surface area contributed by atoms with Gasteiger partial charge in [0.05, 0.1) is 11.4 Å². The van der Waals surface area contributed by atoms with Crippen LogP contribution in [0.15, 0.2) is 23.3 Å². The van der Waals surface area contributed by atoms with Gasteiger partial charge in [0.2, 0.25) is 0 Å². The first-order chi connectivity index (χ1) is 6.07. The molecule has 0 saturated carbocycles. The third kappa shape index (κ3) is 1.48. The predicted octanol–water partition coefficient (Wildman–Crippen LogP) is 2.76. The van der Waals surface area contributed by atoms with Crippen LogP contribution >= 0.6 is 0 Å². The van der Waals surface area contributed by atoms with E-state index in [4.69, 9.17) is 0 Å². The summed E-state index contributed by atoms with van der Waals surface area (Å²) in [4.78, 5) is 8.89. The number of rotatable bonds is 0. The van der Waals surface area contributed by atoms with Gasteiger partial charge in [-0.15, -0.1) is 0 Å². The fourth-order valence-electron chi connectivity index (χ4n) is 1.44. The molecule has 0 unspecified atom stereocenters. The first kappa shape index (κ1) is 8.42. The zero-order valence-corrected chi connectivity index (χ0v) is 8.33. The van der Waals surface area contributed by atoms with E-state index >= 15 is 0 Å². The van der Waals surface area contributed by atoms with E-state index in [1.807, 2.05) is 18.3 Å². The highest BCUT2D eigenvalue weighted by atomic mass is 14.9. The van der Waals surface area contributed by atoms with Gasteiger partial charge in [0.25, 0.3) is 0 Å². The summed E-state index contributed by atoms with van der Waals surface area (Å²) in [5.41, 5.74) is 3.57. The van der Waals surface area contributed by atoms with Crippen LogP contribution in [-0.2, 0) is 6.42 Å². The topological polar surface area (TPSA) is 25.2 Å². The fourth-order valence-corrected chi connectivity index (χ4v) is 1.44. The van der Waals surface area contributed by atoms with Gasteiger partial charge in [0.15, 0.2) is 0 Å². The predicted molar refractivity (Wildman–Crippen MR) is 54.5 cm³/mol. The van der Waals surface area contributed by atoms with Gasteiger partial charge in [-0.25, -0.2) is 0 Å². The molecule has 13 heavy (non-hydrogen) atoms. The highest BCUT2D eigenvalue weighted by molar-refractivity contribution is 5.96. The Labute approximate surface area is 78.7 Å². The van der Waals surface area contributed by atoms with Gasteiger partial charge in [0.1, 0.15) is 0 Å². The zero-order chi connectivity index (χ0) is 9.47. The molecule has 0 saturated heterocycles. The van der Waals surface area contributed by atoms with Crippen LogP contribution in [0.2, 0.25) is 0 Å². The molecule has 2 rings (SSSR count). The Hall–Kier alpha value is -1.18. The molecule has 68 valence electrons. The van der Waals surface area contributed by atoms with Crippen LogP contribution < -0.4 is 0 Å². The van der Waals surface area contributed by atoms with Crippen molar-refractivity contribution in [2.24, 2.45) is 10.4 Å². The largest absolute Gasteiger partial charge is 0.259 e. The number of pyridine rings is 1. The van der Waals surface area contributed by atoms with E-state index in [1.54, 1.807) is 0 Å². The molecule has 1 aliphatic rings. The van der Waals surface area contributed by atoms with E-state index in [0.29, 0.717) is 0 Å². The third-order valence-corrected chi connectivity index (χ3v) is 2.32. The Morgan fingerprint density at radius 2 is 2.08 bits per heavy atom. The summed E-state index contributed by atoms with van der Waals surface area (Å²) >= 11 is 0. The molecule has 2 nitrogen and oxygen atoms in total. The summed E-state index contributed by atoms with van der Waals surface area (Å²) in [5, 5.41) is 0. The van der Waals surface area contributed by atoms with Crippen molar-refractivity contribution in [1.29, 1.82) is 0 Å². The minimum atomic E-state index is 0.167. The molecule has 1 aromatic heterocycles. The van der Waals surface area contributed by atoms with E-state index < -0.39 is 0 Å². The van der Waals surface area contributed by atoms with Crippen LogP contribution in [0.3, 0.4) is 0 Å². The molecule has 0 fully saturated rings. The average molecular weight is 174 g/mol. The van der Waals surface area contributed by atoms with E-state index in [1.165, 1.54) is 5.71 Å². The van der Waals surface area contributed by atoms with Gasteiger partial charge < -0.3 is 0 Å². The van der Waals surface area contributed by atoms with Gasteiger partial charge in [-0.2, -0.15) is 0 Å². The molecular formula is C11H14N2. The maximum absolute atomic E-state index is 4.58. The van der Waals surface area contributed by atoms with Crippen LogP contribution in [0, 0.1) is 5.41 Å². The molecule has 0 bridgehead atoms. The molecule has 0 N–H and O–H groups in total. The van der Waals surface area contributed by atoms with Crippen LogP contribution in [0.5, 0.6) is 0 Å². The van der Waals surface area contributed by atoms with Crippen molar-refractivity contribution in [1.82, 2.24) is 4.98 Å². The number of fused-ring (bicyclic) bond motifs is 1. The summed E-state index contributed by atoms with van der Waals surface area (Å²) in [5.74, 6) is 0. The van der Waals surface area contributed by atoms with Crippen LogP contribution in [0.1, 0.15) is 26.5 Å². The second-order valence-electron chi connectivity index (χ2n) is 4.45. The minimum Gasteiger partial charge on any atom is -0.259 e. The van der Waals surface area contributed by atoms with Gasteiger partial charge in [0, 0.05) is 23.7 Å². The molecule has 0 aliphatic carbocycles. The molecule has 0 radical (unpaired) electrons. The van der Waals surface area contributed by atoms with Crippen LogP contribution in [-0.4, -0.2) is 10.7 Å². The third-order valence-electron chi connectivity index (χ3n) is 2.32. The first-order valence-electron chi connectivity index (χ1n) is 4.59. The van der Waals surface area contributed by atoms with Gasteiger partial charge in [-0.1, -0.05) is 20.8 Å². The van der Waals surface area contributed by atoms with Crippen molar-refractivity contribution in [2.45, 2.75) is 27.2 Å². The summed E-state index contributed by atoms with van der Waals surface area (Å²) in [6.07, 6.45) is 2.75. The van der Waals surface area contributed by atoms with Crippen molar-refractivity contribution < 1.29 is 0 Å². The maximum atomic E-state index is 4.58. The van der Waals surface area contributed by atoms with E-state index in [9.17, 15) is 0 Å². The highest BCUT2D eigenvalue weighted by Gasteiger charge is 2.25. The molecule has 0 aromatic carbocycles. The molecule has 1 aromatic rings. The standard InChI is InChI=1S/C11H14N2/c1-11(2,3)10-7-9-8(13-10)5-4-6-12-9/h4-6H,7H2,1-3H3. The lowest BCUT2D eigenvalue weighted by molar-refractivity contribution is 0.584. The Kier molecular flexibility index (Phi) is 1.72. The summed E-state index contributed by atoms with van der Waals surface area (Å²) in [7, 11) is 0. The first-order valence-corrected chi connectivity index (χ1v) is 4.59. The second-order valence-corrected chi connectivity index (χ2v) is 4.45. The maximum Gasteiger partial charge on any atom is 0.0848 e. The summed E-state index contributed by atoms with van der Waals surface area (Å²) in [6.45, 7) is 6.58. The molecule has 2 heterocycles. The van der Waals surface area contributed by atoms with Crippen LogP contribution in [0.4, 0.5) is 5.69 Å². The molecule has 2 heteroatoms. The van der Waals surface area contributed by atoms with E-state index in [0.717, 1.165) is 17.8 Å². The van der Waals surface area contributed by atoms with Crippen molar-refractivity contribution in [3.63, 3.8) is 0 Å². The van der Waals surface area contributed by atoms with Gasteiger partial charge in [-0.05, 0) is 12.1 Å². The second kappa shape index (κ2) is 2.66. The number of hydrogen-bond donors (Lipinski definition) is 0. The lowest BCUT2D eigenvalue weighted by atomic mass is 9.88. The van der Waals surface area contributed by atoms with Crippen molar-refractivity contribution in [2.75, 3.05) is 0 Å². The van der Waals surface area contributed by atoms with Crippen molar-refractivity contribution >= 4 is 11.4 Å². The number of nitrogens with zero attached hydrogens (tertiary/aromatic N) is 2. The molecule has 1 aliphatic heterocycles. The zero-order valence-electron chi connectivity index (χ0n) is 8.33. The Morgan fingerprint density at radius 3 is 2.69 bits per heavy atom. The lowest BCUT2D eigenvalue weighted by Crippen LogP contribution is -2.20. The molecular weight excluding hydrogens is 160 g/mol. The molecule has 0 amide bonds. The number of aliphatic imine (C=N–C) groups is 1. The number of hydrogen-bond acceptors (Lipinski definition) is 2. The number of aromatic nitrogens is 1. The summed E-state index contributed by atoms with van der Waals surface area (Å²) in [6, 6.07) is 3.97. The Balaban J connectivity index is 2.37. The molecule has 0 spiro atoms. The monoisotopic (exact) mass is 174 g/mol. The molecule has 0 atom stereocenters. The van der Waals surface area contributed by atoms with E-state index in [-0.39, 0.29) is 5.41 Å². The average Bonchev–Trinajstić information content (AvgIpc) is 2.45. The van der Waals surface area contributed by atoms with E-state index in [2.05, 4.69) is 30.7 Å². The lowest BCUT2D eigenvalue weighted by Gasteiger charge is -2.17. The Morgan fingerprint density at radius 1 is 1.31 bits per heavy atom. The normalized spacial score (nSPS) is 15.5. The minimum absolute atomic E-state index is 0.167. The van der Waals surface area contributed by atoms with Gasteiger partial charge in [-0.3, -0.25) is 9.98 Å². The quantitative estimate of drug-likeness (QED) is 0.593. The summed E-state index contributed by atoms with van der Waals surface area (Å²) < 4.78 is 0. The smallest absolute Gasteiger partial charge is 0.0848 e. The fraction of sp³-hybridized carbons (Fsp3) is 0.455. The van der Waals surface area contributed by atoms with Crippen LogP contribution in [0.25, 0.3) is 0 Å². The van der Waals surface area contributed by atoms with Crippen molar-refractivity contribution in [3.05, 3.63) is 24.0 Å². The van der Waals surface area contributed by atoms with Gasteiger partial charge >= 0.3 is 0 Å². The van der Waals surface area contributed by atoms with Crippen molar-refractivity contribution in [3.8, 4) is 0 Å². The highest BCUT2D eigenvalue weighted by Crippen LogP contribution is 2.31. The Bertz CT molecular complexity index is 359. The SMILES string of the molecule is CC(C)(C)C1=Nc2cccnc2C1.